The van der Waals surface area contributed by atoms with E-state index >= 15 is 0 Å². The minimum atomic E-state index is -1.75. The van der Waals surface area contributed by atoms with Gasteiger partial charge in [0.1, 0.15) is 0 Å². The van der Waals surface area contributed by atoms with Crippen LogP contribution in [-0.2, 0) is 0 Å². The summed E-state index contributed by atoms with van der Waals surface area (Å²) >= 11 is 11.2. The molecule has 0 fully saturated rings. The fourth-order valence-electron chi connectivity index (χ4n) is 0.683. The average molecular weight is 258 g/mol. The number of hydrogen-bond donors (Lipinski definition) is 0. The summed E-state index contributed by atoms with van der Waals surface area (Å²) in [5.74, 6) is 0. The van der Waals surface area contributed by atoms with Gasteiger partial charge in [-0.25, -0.2) is 4.98 Å². The zero-order valence-electron chi connectivity index (χ0n) is 6.22. The molecule has 76 valence electrons. The SMILES string of the molecule is O=[N+]([O-])c1sc(Cl)nc1C(Cl)[N+](=O)[O-]. The van der Waals surface area contributed by atoms with E-state index in [1.54, 1.807) is 0 Å². The van der Waals surface area contributed by atoms with Crippen LogP contribution in [0.15, 0.2) is 0 Å². The highest BCUT2D eigenvalue weighted by Gasteiger charge is 2.33. The van der Waals surface area contributed by atoms with E-state index in [1.807, 2.05) is 0 Å². The van der Waals surface area contributed by atoms with Crippen LogP contribution >= 0.6 is 34.5 Å². The molecule has 1 rings (SSSR count). The van der Waals surface area contributed by atoms with Crippen molar-refractivity contribution in [3.63, 3.8) is 0 Å². The van der Waals surface area contributed by atoms with Crippen molar-refractivity contribution in [2.75, 3.05) is 0 Å². The van der Waals surface area contributed by atoms with Crippen molar-refractivity contribution >= 4 is 39.5 Å². The highest BCUT2D eigenvalue weighted by atomic mass is 35.5. The van der Waals surface area contributed by atoms with Crippen LogP contribution in [0.5, 0.6) is 0 Å². The standard InChI is InChI=1S/C4HCl2N3O4S/c5-2(8(10)11)1-3(9(12)13)14-4(6)7-1/h2H. The molecule has 0 radical (unpaired) electrons. The van der Waals surface area contributed by atoms with Crippen molar-refractivity contribution in [2.24, 2.45) is 0 Å². The number of nitro groups is 2. The fraction of sp³-hybridized carbons (Fsp3) is 0.250. The van der Waals surface area contributed by atoms with Gasteiger partial charge in [-0.1, -0.05) is 11.6 Å². The van der Waals surface area contributed by atoms with Gasteiger partial charge in [0, 0.05) is 4.92 Å². The molecule has 0 aliphatic heterocycles. The largest absolute Gasteiger partial charge is 0.356 e. The summed E-state index contributed by atoms with van der Waals surface area (Å²) in [6.07, 6.45) is 0. The van der Waals surface area contributed by atoms with Crippen LogP contribution in [0, 0.1) is 20.2 Å². The van der Waals surface area contributed by atoms with Crippen LogP contribution in [0.4, 0.5) is 5.00 Å². The van der Waals surface area contributed by atoms with Crippen LogP contribution in [-0.4, -0.2) is 14.8 Å². The van der Waals surface area contributed by atoms with Crippen molar-refractivity contribution in [1.82, 2.24) is 4.98 Å². The van der Waals surface area contributed by atoms with Crippen molar-refractivity contribution in [3.8, 4) is 0 Å². The Morgan fingerprint density at radius 1 is 1.43 bits per heavy atom. The molecule has 1 unspecified atom stereocenters. The molecule has 0 aliphatic rings. The maximum absolute atomic E-state index is 10.4. The predicted octanol–water partition coefficient (Wildman–Crippen LogP) is 2.22. The van der Waals surface area contributed by atoms with E-state index in [4.69, 9.17) is 23.2 Å². The zero-order valence-corrected chi connectivity index (χ0v) is 8.54. The summed E-state index contributed by atoms with van der Waals surface area (Å²) in [6.45, 7) is 0. The quantitative estimate of drug-likeness (QED) is 0.358. The lowest BCUT2D eigenvalue weighted by molar-refractivity contribution is -0.506. The molecule has 0 bridgehead atoms. The van der Waals surface area contributed by atoms with E-state index in [0.717, 1.165) is 0 Å². The molecular weight excluding hydrogens is 257 g/mol. The molecule has 14 heavy (non-hydrogen) atoms. The number of nitrogens with zero attached hydrogens (tertiary/aromatic N) is 3. The number of thiazole rings is 1. The van der Waals surface area contributed by atoms with Gasteiger partial charge in [-0.05, 0) is 22.9 Å². The molecule has 0 saturated heterocycles. The molecule has 7 nitrogen and oxygen atoms in total. The van der Waals surface area contributed by atoms with Crippen molar-refractivity contribution in [1.29, 1.82) is 0 Å². The summed E-state index contributed by atoms with van der Waals surface area (Å²) in [6, 6.07) is 0. The summed E-state index contributed by atoms with van der Waals surface area (Å²) in [5.41, 5.74) is -2.18. The Morgan fingerprint density at radius 3 is 2.43 bits per heavy atom. The third-order valence-corrected chi connectivity index (χ3v) is 2.68. The Morgan fingerprint density at radius 2 is 2.00 bits per heavy atom. The molecule has 0 spiro atoms. The van der Waals surface area contributed by atoms with Crippen molar-refractivity contribution in [3.05, 3.63) is 30.4 Å². The maximum atomic E-state index is 10.4. The third-order valence-electron chi connectivity index (χ3n) is 1.18. The predicted molar refractivity (Wildman–Crippen MR) is 49.4 cm³/mol. The fourth-order valence-corrected chi connectivity index (χ4v) is 1.85. The monoisotopic (exact) mass is 257 g/mol. The van der Waals surface area contributed by atoms with E-state index in [2.05, 4.69) is 4.98 Å². The Kier molecular flexibility index (Phi) is 3.19. The second-order valence-corrected chi connectivity index (χ2v) is 4.01. The van der Waals surface area contributed by atoms with Gasteiger partial charge in [-0.2, -0.15) is 0 Å². The normalized spacial score (nSPS) is 12.4. The molecule has 1 aromatic rings. The number of aromatic nitrogens is 1. The first-order valence-electron chi connectivity index (χ1n) is 3.01. The van der Waals surface area contributed by atoms with Crippen LogP contribution < -0.4 is 0 Å². The number of alkyl halides is 1. The maximum Gasteiger partial charge on any atom is 0.356 e. The molecule has 1 atom stereocenters. The zero-order chi connectivity index (χ0) is 10.9. The van der Waals surface area contributed by atoms with E-state index in [1.165, 1.54) is 0 Å². The minimum absolute atomic E-state index is 0.154. The van der Waals surface area contributed by atoms with Crippen LogP contribution in [0.1, 0.15) is 11.2 Å². The van der Waals surface area contributed by atoms with Crippen LogP contribution in [0.25, 0.3) is 0 Å². The van der Waals surface area contributed by atoms with E-state index < -0.39 is 26.0 Å². The van der Waals surface area contributed by atoms with Crippen LogP contribution in [0.2, 0.25) is 4.47 Å². The summed E-state index contributed by atoms with van der Waals surface area (Å²) in [5, 5.41) is 20.1. The Bertz CT molecular complexity index is 394. The Balaban J connectivity index is 3.19. The highest BCUT2D eigenvalue weighted by molar-refractivity contribution is 7.18. The molecule has 0 saturated carbocycles. The van der Waals surface area contributed by atoms with E-state index in [0.29, 0.717) is 11.3 Å². The van der Waals surface area contributed by atoms with E-state index in [-0.39, 0.29) is 4.47 Å². The molecule has 0 amide bonds. The van der Waals surface area contributed by atoms with Gasteiger partial charge in [-0.3, -0.25) is 20.2 Å². The van der Waals surface area contributed by atoms with E-state index in [9.17, 15) is 20.2 Å². The van der Waals surface area contributed by atoms with Gasteiger partial charge < -0.3 is 0 Å². The van der Waals surface area contributed by atoms with Gasteiger partial charge in [-0.15, -0.1) is 0 Å². The summed E-state index contributed by atoms with van der Waals surface area (Å²) < 4.78 is -0.154. The van der Waals surface area contributed by atoms with Gasteiger partial charge in [0.2, 0.25) is 5.69 Å². The highest BCUT2D eigenvalue weighted by Crippen LogP contribution is 2.36. The summed E-state index contributed by atoms with van der Waals surface area (Å²) in [7, 11) is 0. The smallest absolute Gasteiger partial charge is 0.263 e. The first-order valence-corrected chi connectivity index (χ1v) is 4.64. The number of halogens is 2. The second kappa shape index (κ2) is 4.03. The molecule has 0 aromatic carbocycles. The number of rotatable bonds is 3. The lowest BCUT2D eigenvalue weighted by atomic mass is 10.4. The van der Waals surface area contributed by atoms with Crippen molar-refractivity contribution < 1.29 is 9.85 Å². The Hall–Kier alpha value is -0.990. The van der Waals surface area contributed by atoms with Gasteiger partial charge in [0.15, 0.2) is 4.47 Å². The number of hydrogen-bond acceptors (Lipinski definition) is 6. The molecule has 1 heterocycles. The average Bonchev–Trinajstić information content (AvgIpc) is 2.45. The first-order chi connectivity index (χ1) is 6.43. The van der Waals surface area contributed by atoms with Gasteiger partial charge in [0.25, 0.3) is 0 Å². The first kappa shape index (κ1) is 11.1. The van der Waals surface area contributed by atoms with Gasteiger partial charge >= 0.3 is 10.5 Å². The molecule has 0 aliphatic carbocycles. The second-order valence-electron chi connectivity index (χ2n) is 2.04. The molecule has 10 heteroatoms. The van der Waals surface area contributed by atoms with Gasteiger partial charge in [0.05, 0.1) is 4.92 Å². The minimum Gasteiger partial charge on any atom is -0.263 e. The molecular formula is C4HCl2N3O4S. The lowest BCUT2D eigenvalue weighted by Gasteiger charge is -1.95. The third kappa shape index (κ3) is 2.08. The van der Waals surface area contributed by atoms with Crippen molar-refractivity contribution in [2.45, 2.75) is 5.50 Å². The Labute approximate surface area is 90.6 Å². The molecule has 0 N–H and O–H groups in total. The topological polar surface area (TPSA) is 99.2 Å². The molecule has 1 aromatic heterocycles. The lowest BCUT2D eigenvalue weighted by Crippen LogP contribution is -2.05. The summed E-state index contributed by atoms with van der Waals surface area (Å²) in [4.78, 5) is 22.4. The van der Waals surface area contributed by atoms with Crippen LogP contribution in [0.3, 0.4) is 0 Å².